The maximum Gasteiger partial charge on any atom is 0.105 e. The quantitative estimate of drug-likeness (QED) is 0.573. The highest BCUT2D eigenvalue weighted by Crippen LogP contribution is 2.22. The van der Waals surface area contributed by atoms with Crippen LogP contribution in [0.1, 0.15) is 26.7 Å². The lowest BCUT2D eigenvalue weighted by Crippen LogP contribution is -2.39. The lowest BCUT2D eigenvalue weighted by molar-refractivity contribution is 0.0675. The maximum absolute atomic E-state index is 9.22. The molecule has 2 atom stereocenters. The largest absolute Gasteiger partial charge is 0.379 e. The third-order valence-corrected chi connectivity index (χ3v) is 2.36. The Labute approximate surface area is 62.6 Å². The SMILES string of the molecule is CC(C)C1CCNC(O)C1. The topological polar surface area (TPSA) is 32.3 Å². The van der Waals surface area contributed by atoms with Gasteiger partial charge in [0.1, 0.15) is 6.23 Å². The molecule has 60 valence electrons. The smallest absolute Gasteiger partial charge is 0.105 e. The van der Waals surface area contributed by atoms with Crippen LogP contribution in [0.3, 0.4) is 0 Å². The first-order valence-electron chi connectivity index (χ1n) is 4.11. The van der Waals surface area contributed by atoms with Gasteiger partial charge in [0.15, 0.2) is 0 Å². The maximum atomic E-state index is 9.22. The molecule has 1 saturated heterocycles. The van der Waals surface area contributed by atoms with Gasteiger partial charge in [0, 0.05) is 0 Å². The summed E-state index contributed by atoms with van der Waals surface area (Å²) in [4.78, 5) is 0. The van der Waals surface area contributed by atoms with Crippen LogP contribution in [-0.4, -0.2) is 17.9 Å². The molecule has 2 heteroatoms. The molecule has 1 rings (SSSR count). The van der Waals surface area contributed by atoms with Gasteiger partial charge in [0.05, 0.1) is 0 Å². The summed E-state index contributed by atoms with van der Waals surface area (Å²) in [6.07, 6.45) is 1.90. The van der Waals surface area contributed by atoms with E-state index in [1.807, 2.05) is 0 Å². The van der Waals surface area contributed by atoms with Crippen molar-refractivity contribution in [1.82, 2.24) is 5.32 Å². The van der Waals surface area contributed by atoms with Crippen molar-refractivity contribution in [3.05, 3.63) is 0 Å². The number of piperidine rings is 1. The lowest BCUT2D eigenvalue weighted by Gasteiger charge is -2.29. The van der Waals surface area contributed by atoms with Crippen molar-refractivity contribution in [3.8, 4) is 0 Å². The fraction of sp³-hybridized carbons (Fsp3) is 1.00. The minimum atomic E-state index is -0.249. The van der Waals surface area contributed by atoms with Crippen LogP contribution in [-0.2, 0) is 0 Å². The van der Waals surface area contributed by atoms with Crippen LogP contribution in [0.2, 0.25) is 0 Å². The summed E-state index contributed by atoms with van der Waals surface area (Å²) in [5.41, 5.74) is 0. The molecule has 0 bridgehead atoms. The van der Waals surface area contributed by atoms with Gasteiger partial charge in [-0.1, -0.05) is 13.8 Å². The van der Waals surface area contributed by atoms with Gasteiger partial charge in [-0.3, -0.25) is 5.32 Å². The summed E-state index contributed by atoms with van der Waals surface area (Å²) in [5, 5.41) is 12.2. The molecule has 1 aliphatic rings. The zero-order chi connectivity index (χ0) is 7.56. The fourth-order valence-corrected chi connectivity index (χ4v) is 1.53. The highest BCUT2D eigenvalue weighted by molar-refractivity contribution is 4.73. The summed E-state index contributed by atoms with van der Waals surface area (Å²) in [7, 11) is 0. The summed E-state index contributed by atoms with van der Waals surface area (Å²) in [6.45, 7) is 5.43. The van der Waals surface area contributed by atoms with Gasteiger partial charge < -0.3 is 5.11 Å². The summed E-state index contributed by atoms with van der Waals surface area (Å²) < 4.78 is 0. The molecule has 0 saturated carbocycles. The molecule has 2 N–H and O–H groups in total. The van der Waals surface area contributed by atoms with Crippen LogP contribution in [0.4, 0.5) is 0 Å². The molecule has 2 nitrogen and oxygen atoms in total. The Kier molecular flexibility index (Phi) is 2.69. The Balaban J connectivity index is 2.32. The second-order valence-corrected chi connectivity index (χ2v) is 3.50. The second kappa shape index (κ2) is 3.35. The Morgan fingerprint density at radius 3 is 2.60 bits per heavy atom. The molecule has 0 spiro atoms. The molecule has 0 radical (unpaired) electrons. The third kappa shape index (κ3) is 1.96. The summed E-state index contributed by atoms with van der Waals surface area (Å²) in [5.74, 6) is 1.44. The normalized spacial score (nSPS) is 34.8. The predicted molar refractivity (Wildman–Crippen MR) is 41.6 cm³/mol. The monoisotopic (exact) mass is 143 g/mol. The molecule has 2 unspecified atom stereocenters. The van der Waals surface area contributed by atoms with Crippen LogP contribution in [0.5, 0.6) is 0 Å². The van der Waals surface area contributed by atoms with Crippen molar-refractivity contribution in [2.45, 2.75) is 32.9 Å². The zero-order valence-corrected chi connectivity index (χ0v) is 6.80. The van der Waals surface area contributed by atoms with Gasteiger partial charge >= 0.3 is 0 Å². The number of aliphatic hydroxyl groups is 1. The van der Waals surface area contributed by atoms with E-state index in [1.54, 1.807) is 0 Å². The van der Waals surface area contributed by atoms with E-state index < -0.39 is 0 Å². The van der Waals surface area contributed by atoms with E-state index in [-0.39, 0.29) is 6.23 Å². The summed E-state index contributed by atoms with van der Waals surface area (Å²) >= 11 is 0. The van der Waals surface area contributed by atoms with Gasteiger partial charge in [-0.15, -0.1) is 0 Å². The molecule has 10 heavy (non-hydrogen) atoms. The number of rotatable bonds is 1. The van der Waals surface area contributed by atoms with E-state index in [0.29, 0.717) is 0 Å². The molecule has 0 amide bonds. The van der Waals surface area contributed by atoms with Gasteiger partial charge in [0.25, 0.3) is 0 Å². The van der Waals surface area contributed by atoms with Crippen molar-refractivity contribution in [2.75, 3.05) is 6.54 Å². The number of nitrogens with one attached hydrogen (secondary N) is 1. The van der Waals surface area contributed by atoms with E-state index in [4.69, 9.17) is 0 Å². The van der Waals surface area contributed by atoms with Crippen LogP contribution in [0, 0.1) is 11.8 Å². The minimum Gasteiger partial charge on any atom is -0.379 e. The molecule has 0 aliphatic carbocycles. The number of aliphatic hydroxyl groups excluding tert-OH is 1. The highest BCUT2D eigenvalue weighted by Gasteiger charge is 2.21. The number of hydrogen-bond acceptors (Lipinski definition) is 2. The molecule has 1 fully saturated rings. The fourth-order valence-electron chi connectivity index (χ4n) is 1.53. The molecule has 0 aromatic rings. The van der Waals surface area contributed by atoms with Crippen molar-refractivity contribution >= 4 is 0 Å². The number of hydrogen-bond donors (Lipinski definition) is 2. The molecule has 1 heterocycles. The van der Waals surface area contributed by atoms with Crippen LogP contribution in [0.25, 0.3) is 0 Å². The van der Waals surface area contributed by atoms with Crippen molar-refractivity contribution in [2.24, 2.45) is 11.8 Å². The Hall–Kier alpha value is -0.0800. The van der Waals surface area contributed by atoms with Crippen LogP contribution >= 0.6 is 0 Å². The first-order valence-corrected chi connectivity index (χ1v) is 4.11. The van der Waals surface area contributed by atoms with Crippen molar-refractivity contribution in [1.29, 1.82) is 0 Å². The molecular formula is C8H17NO. The van der Waals surface area contributed by atoms with Crippen LogP contribution < -0.4 is 5.32 Å². The lowest BCUT2D eigenvalue weighted by atomic mass is 9.87. The molecule has 0 aromatic carbocycles. The van der Waals surface area contributed by atoms with Gasteiger partial charge in [-0.05, 0) is 31.2 Å². The van der Waals surface area contributed by atoms with Crippen LogP contribution in [0.15, 0.2) is 0 Å². The van der Waals surface area contributed by atoms with E-state index >= 15 is 0 Å². The first-order chi connectivity index (χ1) is 4.70. The summed E-state index contributed by atoms with van der Waals surface area (Å²) in [6, 6.07) is 0. The highest BCUT2D eigenvalue weighted by atomic mass is 16.3. The van der Waals surface area contributed by atoms with Crippen molar-refractivity contribution < 1.29 is 5.11 Å². The first kappa shape index (κ1) is 8.02. The Morgan fingerprint density at radius 1 is 1.50 bits per heavy atom. The van der Waals surface area contributed by atoms with E-state index in [2.05, 4.69) is 19.2 Å². The molecule has 0 aromatic heterocycles. The van der Waals surface area contributed by atoms with E-state index in [0.717, 1.165) is 24.8 Å². The van der Waals surface area contributed by atoms with Gasteiger partial charge in [-0.25, -0.2) is 0 Å². The minimum absolute atomic E-state index is 0.249. The van der Waals surface area contributed by atoms with E-state index in [9.17, 15) is 5.11 Å². The Morgan fingerprint density at radius 2 is 2.20 bits per heavy atom. The zero-order valence-electron chi connectivity index (χ0n) is 6.80. The van der Waals surface area contributed by atoms with Gasteiger partial charge in [0.2, 0.25) is 0 Å². The molecular weight excluding hydrogens is 126 g/mol. The standard InChI is InChI=1S/C8H17NO/c1-6(2)7-3-4-9-8(10)5-7/h6-10H,3-5H2,1-2H3. The van der Waals surface area contributed by atoms with E-state index in [1.165, 1.54) is 6.42 Å². The van der Waals surface area contributed by atoms with Crippen molar-refractivity contribution in [3.63, 3.8) is 0 Å². The Bertz CT molecular complexity index is 103. The average Bonchev–Trinajstić information content (AvgIpc) is 1.88. The van der Waals surface area contributed by atoms with Gasteiger partial charge in [-0.2, -0.15) is 0 Å². The average molecular weight is 143 g/mol. The second-order valence-electron chi connectivity index (χ2n) is 3.50. The predicted octanol–water partition coefficient (Wildman–Crippen LogP) is 0.960. The molecule has 1 aliphatic heterocycles. The third-order valence-electron chi connectivity index (χ3n) is 2.36.